The maximum atomic E-state index is 11.7. The second-order valence-corrected chi connectivity index (χ2v) is 5.64. The number of imidazole rings is 1. The summed E-state index contributed by atoms with van der Waals surface area (Å²) in [7, 11) is 1.67. The fourth-order valence-corrected chi connectivity index (χ4v) is 2.29. The van der Waals surface area contributed by atoms with E-state index in [0.717, 1.165) is 17.0 Å². The van der Waals surface area contributed by atoms with Crippen molar-refractivity contribution >= 4 is 11.6 Å². The third-order valence-corrected chi connectivity index (χ3v) is 3.53. The zero-order chi connectivity index (χ0) is 14.8. The van der Waals surface area contributed by atoms with Crippen molar-refractivity contribution in [1.29, 1.82) is 0 Å². The van der Waals surface area contributed by atoms with Gasteiger partial charge >= 0.3 is 0 Å². The molecule has 2 aromatic heterocycles. The Hall–Kier alpha value is -1.88. The fraction of sp³-hybridized carbons (Fsp3) is 0.467. The van der Waals surface area contributed by atoms with E-state index in [1.807, 2.05) is 45.2 Å². The molecule has 0 saturated carbocycles. The molecule has 2 heterocycles. The second kappa shape index (κ2) is 5.63. The maximum Gasteiger partial charge on any atom is 0.226 e. The monoisotopic (exact) mass is 274 g/mol. The number of aromatic nitrogens is 2. The van der Waals surface area contributed by atoms with Crippen LogP contribution in [0.5, 0.6) is 0 Å². The molecule has 0 saturated heterocycles. The molecule has 0 aromatic carbocycles. The van der Waals surface area contributed by atoms with Gasteiger partial charge < -0.3 is 15.0 Å². The van der Waals surface area contributed by atoms with E-state index in [2.05, 4.69) is 20.0 Å². The molecule has 5 heteroatoms. The van der Waals surface area contributed by atoms with Crippen LogP contribution in [-0.4, -0.2) is 28.9 Å². The summed E-state index contributed by atoms with van der Waals surface area (Å²) in [5.74, 6) is 0.0415. The van der Waals surface area contributed by atoms with Gasteiger partial charge in [0.2, 0.25) is 5.91 Å². The lowest BCUT2D eigenvalue weighted by molar-refractivity contribution is -0.128. The zero-order valence-corrected chi connectivity index (χ0v) is 12.5. The second-order valence-electron chi connectivity index (χ2n) is 5.64. The number of rotatable bonds is 5. The molecule has 0 spiro atoms. The molecule has 0 bridgehead atoms. The van der Waals surface area contributed by atoms with Gasteiger partial charge in [0, 0.05) is 26.3 Å². The minimum atomic E-state index is -0.427. The molecule has 1 amide bonds. The number of carbonyl (C=O) groups excluding carboxylic acids is 1. The smallest absolute Gasteiger partial charge is 0.226 e. The van der Waals surface area contributed by atoms with E-state index in [4.69, 9.17) is 0 Å². The van der Waals surface area contributed by atoms with Gasteiger partial charge in [-0.1, -0.05) is 6.07 Å². The van der Waals surface area contributed by atoms with E-state index in [-0.39, 0.29) is 5.91 Å². The number of amides is 1. The van der Waals surface area contributed by atoms with Crippen LogP contribution < -0.4 is 10.6 Å². The zero-order valence-electron chi connectivity index (χ0n) is 12.5. The van der Waals surface area contributed by atoms with E-state index in [1.165, 1.54) is 0 Å². The first-order valence-electron chi connectivity index (χ1n) is 6.81. The van der Waals surface area contributed by atoms with Gasteiger partial charge in [0.25, 0.3) is 0 Å². The number of hydrogen-bond acceptors (Lipinski definition) is 3. The SMILES string of the molecule is CNC(=O)C(C)(C)CNCc1c(C)nc2ccccn12. The summed E-state index contributed by atoms with van der Waals surface area (Å²) in [6, 6.07) is 5.96. The topological polar surface area (TPSA) is 58.4 Å². The van der Waals surface area contributed by atoms with Crippen LogP contribution in [0.1, 0.15) is 25.2 Å². The van der Waals surface area contributed by atoms with E-state index >= 15 is 0 Å². The van der Waals surface area contributed by atoms with Gasteiger partial charge in [-0.05, 0) is 32.9 Å². The van der Waals surface area contributed by atoms with Crippen LogP contribution in [0.3, 0.4) is 0 Å². The van der Waals surface area contributed by atoms with Crippen LogP contribution in [0.25, 0.3) is 5.65 Å². The molecule has 0 aliphatic carbocycles. The van der Waals surface area contributed by atoms with E-state index < -0.39 is 5.41 Å². The van der Waals surface area contributed by atoms with Gasteiger partial charge in [0.15, 0.2) is 0 Å². The van der Waals surface area contributed by atoms with Crippen LogP contribution >= 0.6 is 0 Å². The summed E-state index contributed by atoms with van der Waals surface area (Å²) in [4.78, 5) is 16.3. The Morgan fingerprint density at radius 2 is 2.15 bits per heavy atom. The summed E-state index contributed by atoms with van der Waals surface area (Å²) in [5.41, 5.74) is 2.67. The molecule has 20 heavy (non-hydrogen) atoms. The van der Waals surface area contributed by atoms with Crippen LogP contribution in [0, 0.1) is 12.3 Å². The molecule has 108 valence electrons. The molecule has 0 aliphatic heterocycles. The highest BCUT2D eigenvalue weighted by atomic mass is 16.2. The summed E-state index contributed by atoms with van der Waals surface area (Å²) in [6.45, 7) is 7.18. The maximum absolute atomic E-state index is 11.7. The number of hydrogen-bond donors (Lipinski definition) is 2. The van der Waals surface area contributed by atoms with Gasteiger partial charge in [0.05, 0.1) is 16.8 Å². The Kier molecular flexibility index (Phi) is 4.09. The Labute approximate surface area is 119 Å². The number of fused-ring (bicyclic) bond motifs is 1. The van der Waals surface area contributed by atoms with Crippen LogP contribution in [-0.2, 0) is 11.3 Å². The van der Waals surface area contributed by atoms with Crippen LogP contribution in [0.4, 0.5) is 0 Å². The number of pyridine rings is 1. The first-order valence-corrected chi connectivity index (χ1v) is 6.81. The lowest BCUT2D eigenvalue weighted by Gasteiger charge is -2.22. The van der Waals surface area contributed by atoms with Crippen molar-refractivity contribution in [2.75, 3.05) is 13.6 Å². The lowest BCUT2D eigenvalue weighted by Crippen LogP contribution is -2.42. The average Bonchev–Trinajstić information content (AvgIpc) is 2.74. The number of nitrogens with zero attached hydrogens (tertiary/aromatic N) is 2. The third-order valence-electron chi connectivity index (χ3n) is 3.53. The van der Waals surface area contributed by atoms with Crippen LogP contribution in [0.15, 0.2) is 24.4 Å². The molecule has 2 N–H and O–H groups in total. The molecule has 5 nitrogen and oxygen atoms in total. The molecule has 2 rings (SSSR count). The molecule has 0 unspecified atom stereocenters. The van der Waals surface area contributed by atoms with Crippen molar-refractivity contribution in [3.05, 3.63) is 35.8 Å². The minimum absolute atomic E-state index is 0.0415. The Morgan fingerprint density at radius 1 is 1.40 bits per heavy atom. The van der Waals surface area contributed by atoms with Gasteiger partial charge in [-0.15, -0.1) is 0 Å². The Balaban J connectivity index is 2.07. The highest BCUT2D eigenvalue weighted by Crippen LogP contribution is 2.15. The average molecular weight is 274 g/mol. The first-order chi connectivity index (χ1) is 9.45. The van der Waals surface area contributed by atoms with E-state index in [0.29, 0.717) is 13.1 Å². The Morgan fingerprint density at radius 3 is 2.85 bits per heavy atom. The molecular formula is C15H22N4O. The molecule has 0 aliphatic rings. The van der Waals surface area contributed by atoms with E-state index in [9.17, 15) is 4.79 Å². The van der Waals surface area contributed by atoms with Crippen molar-refractivity contribution in [3.63, 3.8) is 0 Å². The first kappa shape index (κ1) is 14.5. The van der Waals surface area contributed by atoms with Crippen molar-refractivity contribution < 1.29 is 4.79 Å². The predicted molar refractivity (Wildman–Crippen MR) is 79.5 cm³/mol. The lowest BCUT2D eigenvalue weighted by atomic mass is 9.92. The van der Waals surface area contributed by atoms with Gasteiger partial charge in [-0.3, -0.25) is 4.79 Å². The van der Waals surface area contributed by atoms with E-state index in [1.54, 1.807) is 7.05 Å². The number of nitrogens with one attached hydrogen (secondary N) is 2. The summed E-state index contributed by atoms with van der Waals surface area (Å²) >= 11 is 0. The van der Waals surface area contributed by atoms with Gasteiger partial charge in [-0.25, -0.2) is 4.98 Å². The predicted octanol–water partition coefficient (Wildman–Crippen LogP) is 1.50. The number of carbonyl (C=O) groups is 1. The molecule has 0 atom stereocenters. The van der Waals surface area contributed by atoms with Crippen LogP contribution in [0.2, 0.25) is 0 Å². The number of aryl methyl sites for hydroxylation is 1. The standard InChI is InChI=1S/C15H22N4O/c1-11-12(19-8-6-5-7-13(19)18-11)9-17-10-15(2,3)14(20)16-4/h5-8,17H,9-10H2,1-4H3,(H,16,20). The largest absolute Gasteiger partial charge is 0.359 e. The normalized spacial score (nSPS) is 11.8. The molecular weight excluding hydrogens is 252 g/mol. The summed E-state index contributed by atoms with van der Waals surface area (Å²) in [6.07, 6.45) is 2.01. The Bertz CT molecular complexity index is 615. The molecule has 0 radical (unpaired) electrons. The van der Waals surface area contributed by atoms with Crippen molar-refractivity contribution in [2.45, 2.75) is 27.3 Å². The van der Waals surface area contributed by atoms with Crippen molar-refractivity contribution in [3.8, 4) is 0 Å². The van der Waals surface area contributed by atoms with Gasteiger partial charge in [-0.2, -0.15) is 0 Å². The highest BCUT2D eigenvalue weighted by molar-refractivity contribution is 5.81. The quantitative estimate of drug-likeness (QED) is 0.869. The summed E-state index contributed by atoms with van der Waals surface area (Å²) < 4.78 is 2.08. The molecule has 0 fully saturated rings. The van der Waals surface area contributed by atoms with Crippen molar-refractivity contribution in [1.82, 2.24) is 20.0 Å². The highest BCUT2D eigenvalue weighted by Gasteiger charge is 2.26. The van der Waals surface area contributed by atoms with Gasteiger partial charge in [0.1, 0.15) is 5.65 Å². The fourth-order valence-electron chi connectivity index (χ4n) is 2.29. The molecule has 2 aromatic rings. The third kappa shape index (κ3) is 2.82. The summed E-state index contributed by atoms with van der Waals surface area (Å²) in [5, 5.41) is 6.05. The van der Waals surface area contributed by atoms with Crippen molar-refractivity contribution in [2.24, 2.45) is 5.41 Å². The minimum Gasteiger partial charge on any atom is -0.359 e.